The number of nitrogens with one attached hydrogen (secondary N) is 9. The minimum atomic E-state index is -1.45. The lowest BCUT2D eigenvalue weighted by molar-refractivity contribution is -0.142. The number of fused-ring (bicyclic) bond motifs is 2. The van der Waals surface area contributed by atoms with E-state index in [0.29, 0.717) is 56.3 Å². The number of amides is 7. The van der Waals surface area contributed by atoms with Crippen molar-refractivity contribution < 1.29 is 48.6 Å². The lowest BCUT2D eigenvalue weighted by Crippen LogP contribution is -2.61. The summed E-state index contributed by atoms with van der Waals surface area (Å²) in [5, 5.41) is 40.7. The van der Waals surface area contributed by atoms with Gasteiger partial charge < -0.3 is 74.6 Å². The minimum Gasteiger partial charge on any atom is -0.480 e. The molecule has 424 valence electrons. The minimum absolute atomic E-state index is 0.0268. The summed E-state index contributed by atoms with van der Waals surface area (Å²) in [7, 11) is 0. The number of hydrogen-bond acceptors (Lipinski definition) is 12. The summed E-state index contributed by atoms with van der Waals surface area (Å²) in [5.41, 5.74) is 20.2. The van der Waals surface area contributed by atoms with E-state index in [1.807, 2.05) is 90.1 Å². The van der Waals surface area contributed by atoms with Crippen LogP contribution in [-0.2, 0) is 51.2 Å². The second-order valence-corrected chi connectivity index (χ2v) is 21.1. The van der Waals surface area contributed by atoms with Crippen molar-refractivity contribution in [2.45, 2.75) is 161 Å². The van der Waals surface area contributed by atoms with E-state index in [4.69, 9.17) is 17.2 Å². The molecule has 2 heterocycles. The molecule has 7 amide bonds. The molecule has 2 aromatic heterocycles. The molecule has 0 unspecified atom stereocenters. The summed E-state index contributed by atoms with van der Waals surface area (Å²) >= 11 is 0. The number of benzene rings is 2. The van der Waals surface area contributed by atoms with Crippen molar-refractivity contribution in [2.24, 2.45) is 35.0 Å². The molecule has 22 heteroatoms. The van der Waals surface area contributed by atoms with Crippen molar-refractivity contribution in [3.05, 3.63) is 72.1 Å². The smallest absolute Gasteiger partial charge is 0.326 e. The van der Waals surface area contributed by atoms with Crippen LogP contribution in [0.15, 0.2) is 60.9 Å². The Morgan fingerprint density at radius 1 is 0.468 bits per heavy atom. The number of aliphatic hydroxyl groups excluding tert-OH is 1. The van der Waals surface area contributed by atoms with Crippen molar-refractivity contribution in [2.75, 3.05) is 19.7 Å². The van der Waals surface area contributed by atoms with Gasteiger partial charge >= 0.3 is 5.97 Å². The summed E-state index contributed by atoms with van der Waals surface area (Å²) in [6, 6.07) is 4.75. The molecule has 0 bridgehead atoms. The average Bonchev–Trinajstić information content (AvgIpc) is 4.00. The number of rotatable bonds is 34. The van der Waals surface area contributed by atoms with Crippen LogP contribution in [0.1, 0.15) is 110 Å². The van der Waals surface area contributed by atoms with E-state index in [2.05, 4.69) is 47.2 Å². The first-order chi connectivity index (χ1) is 36.6. The van der Waals surface area contributed by atoms with Crippen molar-refractivity contribution in [3.63, 3.8) is 0 Å². The van der Waals surface area contributed by atoms with Crippen LogP contribution in [-0.4, -0.2) is 136 Å². The maximum atomic E-state index is 14.8. The quantitative estimate of drug-likeness (QED) is 0.0296. The highest BCUT2D eigenvalue weighted by Gasteiger charge is 2.36. The summed E-state index contributed by atoms with van der Waals surface area (Å²) in [4.78, 5) is 118. The average molecular weight is 1070 g/mol. The van der Waals surface area contributed by atoms with E-state index in [0.717, 1.165) is 21.8 Å². The molecule has 8 atom stereocenters. The molecule has 17 N–H and O–H groups in total. The number of aliphatic hydroxyl groups is 1. The van der Waals surface area contributed by atoms with Crippen LogP contribution in [0.25, 0.3) is 21.8 Å². The highest BCUT2D eigenvalue weighted by atomic mass is 16.4. The number of carboxylic acid groups (broad SMARTS) is 1. The van der Waals surface area contributed by atoms with Crippen LogP contribution < -0.4 is 54.4 Å². The molecule has 0 saturated carbocycles. The number of H-pyrrole nitrogens is 2. The number of nitrogens with two attached hydrogens (primary N) is 3. The number of carboxylic acids is 1. The third-order valence-corrected chi connectivity index (χ3v) is 13.2. The summed E-state index contributed by atoms with van der Waals surface area (Å²) in [6.07, 6.45) is 6.17. The zero-order valence-electron chi connectivity index (χ0n) is 45.4. The van der Waals surface area contributed by atoms with Gasteiger partial charge in [0.1, 0.15) is 42.3 Å². The van der Waals surface area contributed by atoms with Gasteiger partial charge in [0.05, 0.1) is 12.6 Å². The van der Waals surface area contributed by atoms with Crippen LogP contribution in [0.5, 0.6) is 0 Å². The Balaban J connectivity index is 1.64. The fourth-order valence-corrected chi connectivity index (χ4v) is 9.07. The Morgan fingerprint density at radius 3 is 1.25 bits per heavy atom. The lowest BCUT2D eigenvalue weighted by atomic mass is 9.98. The highest BCUT2D eigenvalue weighted by Crippen LogP contribution is 2.22. The van der Waals surface area contributed by atoms with E-state index >= 15 is 0 Å². The predicted molar refractivity (Wildman–Crippen MR) is 294 cm³/mol. The van der Waals surface area contributed by atoms with Gasteiger partial charge in [-0.25, -0.2) is 4.79 Å². The normalized spacial score (nSPS) is 14.7. The molecular formula is C55H84N12O10. The van der Waals surface area contributed by atoms with Crippen LogP contribution in [0.4, 0.5) is 0 Å². The monoisotopic (exact) mass is 1070 g/mol. The van der Waals surface area contributed by atoms with Gasteiger partial charge in [0.25, 0.3) is 0 Å². The predicted octanol–water partition coefficient (Wildman–Crippen LogP) is 1.63. The molecular weight excluding hydrogens is 989 g/mol. The van der Waals surface area contributed by atoms with Crippen LogP contribution in [0, 0.1) is 17.8 Å². The van der Waals surface area contributed by atoms with Crippen molar-refractivity contribution in [1.82, 2.24) is 47.2 Å². The number of hydrogen-bond donors (Lipinski definition) is 14. The third-order valence-electron chi connectivity index (χ3n) is 13.2. The molecule has 4 aromatic rings. The second kappa shape index (κ2) is 31.4. The number of aliphatic carboxylic acids is 1. The van der Waals surface area contributed by atoms with Gasteiger partial charge in [0.2, 0.25) is 41.4 Å². The SMILES string of the molecule is CC(C)C[C@H](NC(=O)[C@H](Cc1c[nH]c2ccccc12)NC(=O)[C@H](CC(C)C)NC(=O)[C@H](Cc1c[nH]c2ccccc12)NC(=O)[C@H](CC(C)C)NC(=O)[C@H](CCCCN)NC(=O)[C@H](CO)NC(=O)[C@@H](N)CCCCN)C(=O)O. The maximum absolute atomic E-state index is 14.8. The molecule has 0 fully saturated rings. The van der Waals surface area contributed by atoms with Gasteiger partial charge in [-0.2, -0.15) is 0 Å². The maximum Gasteiger partial charge on any atom is 0.326 e. The van der Waals surface area contributed by atoms with Crippen molar-refractivity contribution in [1.29, 1.82) is 0 Å². The Kier molecular flexibility index (Phi) is 25.5. The first-order valence-corrected chi connectivity index (χ1v) is 26.9. The third kappa shape index (κ3) is 19.9. The molecule has 0 aliphatic heterocycles. The molecule has 2 aromatic carbocycles. The molecule has 0 spiro atoms. The van der Waals surface area contributed by atoms with Gasteiger partial charge in [0, 0.05) is 47.0 Å². The van der Waals surface area contributed by atoms with E-state index in [9.17, 15) is 48.6 Å². The molecule has 0 radical (unpaired) electrons. The number of carbonyl (C=O) groups is 8. The number of para-hydroxylation sites is 2. The van der Waals surface area contributed by atoms with Crippen LogP contribution in [0.3, 0.4) is 0 Å². The number of carbonyl (C=O) groups excluding carboxylic acids is 7. The van der Waals surface area contributed by atoms with Gasteiger partial charge in [0.15, 0.2) is 0 Å². The van der Waals surface area contributed by atoms with E-state index < -0.39 is 102 Å². The summed E-state index contributed by atoms with van der Waals surface area (Å²) in [6.45, 7) is 11.0. The standard InChI is InChI=1S/C55H84N12O10/c1-31(2)23-42(62-49(70)41(20-12-14-22-57)61-54(75)47(30-68)67-48(69)38(58)17-11-13-21-56)50(71)64-44(26-34-28-59-39-18-9-7-15-36(34)39)52(73)63-43(24-32(3)4)51(72)65-45(53(74)66-46(55(76)77)25-33(5)6)27-35-29-60-40-19-10-8-16-37(35)40/h7-10,15-16,18-19,28-29,31-33,38,41-47,59-60,68H,11-14,17,20-27,30,56-58H2,1-6H3,(H,61,75)(H,62,70)(H,63,73)(H,64,71)(H,65,72)(H,66,74)(H,67,69)(H,76,77)/t38-,41-,42-,43-,44-,45-,46-,47-/m0/s1. The van der Waals surface area contributed by atoms with Gasteiger partial charge in [-0.15, -0.1) is 0 Å². The van der Waals surface area contributed by atoms with Crippen molar-refractivity contribution >= 4 is 69.1 Å². The van der Waals surface area contributed by atoms with Crippen molar-refractivity contribution in [3.8, 4) is 0 Å². The topological polar surface area (TPSA) is 371 Å². The van der Waals surface area contributed by atoms with Gasteiger partial charge in [-0.1, -0.05) is 84.4 Å². The van der Waals surface area contributed by atoms with Crippen LogP contribution >= 0.6 is 0 Å². The summed E-state index contributed by atoms with van der Waals surface area (Å²) in [5.74, 6) is -6.87. The second-order valence-electron chi connectivity index (χ2n) is 21.1. The summed E-state index contributed by atoms with van der Waals surface area (Å²) < 4.78 is 0. The van der Waals surface area contributed by atoms with E-state index in [1.54, 1.807) is 12.4 Å². The Labute approximate surface area is 450 Å². The molecule has 0 saturated heterocycles. The van der Waals surface area contributed by atoms with Gasteiger partial charge in [-0.05, 0) is 105 Å². The fraction of sp³-hybridized carbons (Fsp3) is 0.564. The number of unbranched alkanes of at least 4 members (excludes halogenated alkanes) is 2. The molecule has 77 heavy (non-hydrogen) atoms. The fourth-order valence-electron chi connectivity index (χ4n) is 9.07. The molecule has 0 aliphatic rings. The first-order valence-electron chi connectivity index (χ1n) is 26.9. The number of aromatic amines is 2. The van der Waals surface area contributed by atoms with Crippen LogP contribution in [0.2, 0.25) is 0 Å². The first kappa shape index (κ1) is 62.7. The zero-order chi connectivity index (χ0) is 56.8. The zero-order valence-corrected chi connectivity index (χ0v) is 45.4. The number of aromatic nitrogens is 2. The molecule has 22 nitrogen and oxygen atoms in total. The Bertz CT molecular complexity index is 2580. The van der Waals surface area contributed by atoms with E-state index in [1.165, 1.54) is 0 Å². The molecule has 0 aliphatic carbocycles. The Hall–Kier alpha value is -6.88. The Morgan fingerprint density at radius 2 is 0.818 bits per heavy atom. The highest BCUT2D eigenvalue weighted by molar-refractivity contribution is 5.98. The lowest BCUT2D eigenvalue weighted by Gasteiger charge is -2.29. The van der Waals surface area contributed by atoms with Gasteiger partial charge in [-0.3, -0.25) is 33.6 Å². The van der Waals surface area contributed by atoms with E-state index in [-0.39, 0.29) is 56.3 Å². The molecule has 4 rings (SSSR count). The largest absolute Gasteiger partial charge is 0.480 e.